The van der Waals surface area contributed by atoms with Gasteiger partial charge in [-0.05, 0) is 58.7 Å². The second-order valence-corrected chi connectivity index (χ2v) is 7.19. The first kappa shape index (κ1) is 16.3. The minimum Gasteiger partial charge on any atom is -0.496 e. The third-order valence-corrected chi connectivity index (χ3v) is 4.11. The Kier molecular flexibility index (Phi) is 5.65. The number of methoxy groups -OCH3 is 1. The fraction of sp³-hybridized carbons (Fsp3) is 0.667. The van der Waals surface area contributed by atoms with Crippen LogP contribution in [0.3, 0.4) is 0 Å². The van der Waals surface area contributed by atoms with E-state index in [1.807, 2.05) is 6.07 Å². The molecule has 1 saturated heterocycles. The molecule has 1 heterocycles. The van der Waals surface area contributed by atoms with Crippen molar-refractivity contribution in [3.05, 3.63) is 29.8 Å². The summed E-state index contributed by atoms with van der Waals surface area (Å²) in [5.74, 6) is 1.76. The maximum Gasteiger partial charge on any atom is 0.123 e. The van der Waals surface area contributed by atoms with Crippen molar-refractivity contribution >= 4 is 0 Å². The number of nitrogens with one attached hydrogen (secondary N) is 1. The van der Waals surface area contributed by atoms with Crippen molar-refractivity contribution in [3.63, 3.8) is 0 Å². The van der Waals surface area contributed by atoms with E-state index in [0.717, 1.165) is 24.8 Å². The van der Waals surface area contributed by atoms with Gasteiger partial charge in [0, 0.05) is 24.2 Å². The Hall–Kier alpha value is -1.06. The lowest BCUT2D eigenvalue weighted by Crippen LogP contribution is -2.44. The van der Waals surface area contributed by atoms with Gasteiger partial charge in [0.05, 0.1) is 7.11 Å². The molecule has 0 saturated carbocycles. The molecule has 0 spiro atoms. The van der Waals surface area contributed by atoms with Gasteiger partial charge >= 0.3 is 0 Å². The van der Waals surface area contributed by atoms with Crippen LogP contribution in [0.2, 0.25) is 0 Å². The van der Waals surface area contributed by atoms with Crippen LogP contribution in [-0.2, 0) is 6.54 Å². The summed E-state index contributed by atoms with van der Waals surface area (Å²) in [5, 5.41) is 3.65. The summed E-state index contributed by atoms with van der Waals surface area (Å²) >= 11 is 0. The molecule has 2 rings (SSSR count). The first-order valence-corrected chi connectivity index (χ1v) is 8.07. The molecule has 1 aromatic rings. The number of hydrogen-bond acceptors (Lipinski definition) is 3. The number of ether oxygens (including phenoxy) is 1. The quantitative estimate of drug-likeness (QED) is 0.900. The highest BCUT2D eigenvalue weighted by molar-refractivity contribution is 5.33. The zero-order chi connectivity index (χ0) is 15.3. The molecular weight excluding hydrogens is 260 g/mol. The molecule has 1 aliphatic rings. The van der Waals surface area contributed by atoms with E-state index in [2.05, 4.69) is 49.2 Å². The number of hydrogen-bond donors (Lipinski definition) is 1. The molecule has 118 valence electrons. The van der Waals surface area contributed by atoms with Crippen LogP contribution < -0.4 is 10.1 Å². The molecule has 1 atom stereocenters. The van der Waals surface area contributed by atoms with Gasteiger partial charge in [-0.3, -0.25) is 4.90 Å². The van der Waals surface area contributed by atoms with E-state index >= 15 is 0 Å². The van der Waals surface area contributed by atoms with Gasteiger partial charge in [0.2, 0.25) is 0 Å². The Morgan fingerprint density at radius 2 is 2.05 bits per heavy atom. The topological polar surface area (TPSA) is 24.5 Å². The number of benzene rings is 1. The summed E-state index contributed by atoms with van der Waals surface area (Å²) in [5.41, 5.74) is 1.51. The van der Waals surface area contributed by atoms with Crippen LogP contribution in [0.5, 0.6) is 5.75 Å². The largest absolute Gasteiger partial charge is 0.496 e. The molecule has 1 aliphatic heterocycles. The van der Waals surface area contributed by atoms with Gasteiger partial charge in [-0.2, -0.15) is 0 Å². The third kappa shape index (κ3) is 5.33. The van der Waals surface area contributed by atoms with E-state index in [9.17, 15) is 0 Å². The van der Waals surface area contributed by atoms with Crippen LogP contribution in [0.15, 0.2) is 24.3 Å². The second kappa shape index (κ2) is 7.28. The van der Waals surface area contributed by atoms with Gasteiger partial charge in [-0.15, -0.1) is 0 Å². The minimum atomic E-state index is 0.213. The lowest BCUT2D eigenvalue weighted by molar-refractivity contribution is 0.158. The zero-order valence-corrected chi connectivity index (χ0v) is 14.0. The SMILES string of the molecule is COc1ccccc1CN1CCCC(CNC(C)(C)C)C1. The van der Waals surface area contributed by atoms with Gasteiger partial charge in [0.25, 0.3) is 0 Å². The Morgan fingerprint density at radius 3 is 2.76 bits per heavy atom. The van der Waals surface area contributed by atoms with Gasteiger partial charge < -0.3 is 10.1 Å². The molecule has 0 amide bonds. The molecule has 0 aromatic heterocycles. The molecule has 0 aliphatic carbocycles. The number of piperidine rings is 1. The van der Waals surface area contributed by atoms with E-state index in [1.54, 1.807) is 7.11 Å². The molecule has 1 unspecified atom stereocenters. The zero-order valence-electron chi connectivity index (χ0n) is 14.0. The molecule has 0 radical (unpaired) electrons. The highest BCUT2D eigenvalue weighted by atomic mass is 16.5. The minimum absolute atomic E-state index is 0.213. The van der Waals surface area contributed by atoms with Crippen LogP contribution in [0, 0.1) is 5.92 Å². The molecule has 1 aromatic carbocycles. The lowest BCUT2D eigenvalue weighted by atomic mass is 9.96. The van der Waals surface area contributed by atoms with Gasteiger partial charge in [-0.1, -0.05) is 18.2 Å². The molecule has 0 bridgehead atoms. The van der Waals surface area contributed by atoms with Gasteiger partial charge in [0.1, 0.15) is 5.75 Å². The van der Waals surface area contributed by atoms with E-state index in [4.69, 9.17) is 4.74 Å². The highest BCUT2D eigenvalue weighted by Crippen LogP contribution is 2.23. The van der Waals surface area contributed by atoms with Crippen molar-refractivity contribution in [2.24, 2.45) is 5.92 Å². The van der Waals surface area contributed by atoms with Crippen molar-refractivity contribution < 1.29 is 4.74 Å². The molecule has 1 fully saturated rings. The summed E-state index contributed by atoms with van der Waals surface area (Å²) in [6.45, 7) is 11.2. The van der Waals surface area contributed by atoms with E-state index in [-0.39, 0.29) is 5.54 Å². The Morgan fingerprint density at radius 1 is 1.29 bits per heavy atom. The highest BCUT2D eigenvalue weighted by Gasteiger charge is 2.22. The standard InChI is InChI=1S/C18H30N2O/c1-18(2,3)19-12-15-8-7-11-20(13-15)14-16-9-5-6-10-17(16)21-4/h5-6,9-10,15,19H,7-8,11-14H2,1-4H3. The van der Waals surface area contributed by atoms with Crippen LogP contribution >= 0.6 is 0 Å². The smallest absolute Gasteiger partial charge is 0.123 e. The summed E-state index contributed by atoms with van der Waals surface area (Å²) < 4.78 is 5.47. The van der Waals surface area contributed by atoms with Gasteiger partial charge in [-0.25, -0.2) is 0 Å². The Labute approximate surface area is 129 Å². The van der Waals surface area contributed by atoms with Crippen molar-refractivity contribution in [1.29, 1.82) is 0 Å². The number of para-hydroxylation sites is 1. The molecular formula is C18H30N2O. The number of nitrogens with zero attached hydrogens (tertiary/aromatic N) is 1. The average molecular weight is 290 g/mol. The second-order valence-electron chi connectivity index (χ2n) is 7.19. The fourth-order valence-electron chi connectivity index (χ4n) is 2.99. The van der Waals surface area contributed by atoms with Crippen LogP contribution in [0.4, 0.5) is 0 Å². The third-order valence-electron chi connectivity index (χ3n) is 4.11. The van der Waals surface area contributed by atoms with E-state index in [0.29, 0.717) is 0 Å². The monoisotopic (exact) mass is 290 g/mol. The predicted octanol–water partition coefficient (Wildman–Crippen LogP) is 3.30. The maximum absolute atomic E-state index is 5.47. The summed E-state index contributed by atoms with van der Waals surface area (Å²) in [6.07, 6.45) is 2.64. The van der Waals surface area contributed by atoms with E-state index < -0.39 is 0 Å². The number of rotatable bonds is 5. The van der Waals surface area contributed by atoms with Crippen molar-refractivity contribution in [1.82, 2.24) is 10.2 Å². The van der Waals surface area contributed by atoms with E-state index in [1.165, 1.54) is 31.5 Å². The normalized spacial score (nSPS) is 20.5. The average Bonchev–Trinajstić information content (AvgIpc) is 2.45. The maximum atomic E-state index is 5.47. The van der Waals surface area contributed by atoms with Crippen molar-refractivity contribution in [2.75, 3.05) is 26.7 Å². The molecule has 21 heavy (non-hydrogen) atoms. The van der Waals surface area contributed by atoms with Crippen LogP contribution in [0.25, 0.3) is 0 Å². The summed E-state index contributed by atoms with van der Waals surface area (Å²) in [4.78, 5) is 2.57. The lowest BCUT2D eigenvalue weighted by Gasteiger charge is -2.34. The first-order valence-electron chi connectivity index (χ1n) is 8.07. The first-order chi connectivity index (χ1) is 9.98. The van der Waals surface area contributed by atoms with Crippen molar-refractivity contribution in [3.8, 4) is 5.75 Å². The molecule has 3 nitrogen and oxygen atoms in total. The predicted molar refractivity (Wildman–Crippen MR) is 88.8 cm³/mol. The van der Waals surface area contributed by atoms with Crippen LogP contribution in [-0.4, -0.2) is 37.2 Å². The van der Waals surface area contributed by atoms with Crippen molar-refractivity contribution in [2.45, 2.75) is 45.7 Å². The van der Waals surface area contributed by atoms with Crippen LogP contribution in [0.1, 0.15) is 39.2 Å². The number of likely N-dealkylation sites (tertiary alicyclic amines) is 1. The fourth-order valence-corrected chi connectivity index (χ4v) is 2.99. The summed E-state index contributed by atoms with van der Waals surface area (Å²) in [7, 11) is 1.76. The van der Waals surface area contributed by atoms with Gasteiger partial charge in [0.15, 0.2) is 0 Å². The molecule has 1 N–H and O–H groups in total. The Bertz CT molecular complexity index is 439. The molecule has 3 heteroatoms. The Balaban J connectivity index is 1.89. The summed E-state index contributed by atoms with van der Waals surface area (Å²) in [6, 6.07) is 8.36.